The van der Waals surface area contributed by atoms with Crippen LogP contribution in [0.3, 0.4) is 0 Å². The summed E-state index contributed by atoms with van der Waals surface area (Å²) in [7, 11) is 0. The van der Waals surface area contributed by atoms with Crippen molar-refractivity contribution < 1.29 is 9.64 Å². The van der Waals surface area contributed by atoms with Gasteiger partial charge in [0.15, 0.2) is 0 Å². The van der Waals surface area contributed by atoms with Crippen LogP contribution in [-0.4, -0.2) is 59.1 Å². The van der Waals surface area contributed by atoms with Crippen molar-refractivity contribution in [2.24, 2.45) is 5.92 Å². The molecule has 7 nitrogen and oxygen atoms in total. The minimum absolute atomic E-state index is 0.253. The number of aromatic nitrogens is 4. The smallest absolute Gasteiger partial charge is 0.209 e. The molecular formula is C23H37N6O+. The molecule has 0 unspecified atom stereocenters. The van der Waals surface area contributed by atoms with Gasteiger partial charge < -0.3 is 14.5 Å². The van der Waals surface area contributed by atoms with E-state index < -0.39 is 0 Å². The normalized spacial score (nSPS) is 21.5. The van der Waals surface area contributed by atoms with Crippen LogP contribution in [0.5, 0.6) is 0 Å². The number of rotatable bonds is 7. The molecule has 0 bridgehead atoms. The number of nitrogens with one attached hydrogen (secondary N) is 1. The van der Waals surface area contributed by atoms with Crippen molar-refractivity contribution in [1.82, 2.24) is 20.2 Å². The third kappa shape index (κ3) is 4.67. The number of hydrogen-bond acceptors (Lipinski definition) is 5. The number of nitrogens with zero attached hydrogens (tertiary/aromatic N) is 5. The van der Waals surface area contributed by atoms with Crippen LogP contribution in [-0.2, 0) is 11.3 Å². The molecule has 2 aliphatic rings. The number of ether oxygens (including phenoxy) is 1. The monoisotopic (exact) mass is 413 g/mol. The first-order valence-electron chi connectivity index (χ1n) is 11.6. The zero-order chi connectivity index (χ0) is 21.1. The SMILES string of the molecule is Cc1cccc(N2CC[NH+]([C@@H](CC(C)C)c3nnnn3C[C@H]3CCCO3)CC2)c1C. The number of benzene rings is 1. The second-order valence-electron chi connectivity index (χ2n) is 9.40. The Balaban J connectivity index is 1.48. The average molecular weight is 414 g/mol. The average Bonchev–Trinajstić information content (AvgIpc) is 3.41. The molecule has 3 heterocycles. The summed E-state index contributed by atoms with van der Waals surface area (Å²) in [6.07, 6.45) is 3.60. The Kier molecular flexibility index (Phi) is 6.68. The summed E-state index contributed by atoms with van der Waals surface area (Å²) in [6.45, 7) is 15.0. The Morgan fingerprint density at radius 1 is 1.20 bits per heavy atom. The summed E-state index contributed by atoms with van der Waals surface area (Å²) < 4.78 is 7.86. The summed E-state index contributed by atoms with van der Waals surface area (Å²) in [5, 5.41) is 12.9. The molecule has 4 rings (SSSR count). The van der Waals surface area contributed by atoms with E-state index in [1.165, 1.54) is 16.8 Å². The Bertz CT molecular complexity index is 821. The van der Waals surface area contributed by atoms with Crippen molar-refractivity contribution >= 4 is 5.69 Å². The van der Waals surface area contributed by atoms with Crippen molar-refractivity contribution in [3.63, 3.8) is 0 Å². The Labute approximate surface area is 180 Å². The molecule has 1 aromatic carbocycles. The molecule has 0 radical (unpaired) electrons. The highest BCUT2D eigenvalue weighted by Gasteiger charge is 2.34. The van der Waals surface area contributed by atoms with E-state index in [0.29, 0.717) is 12.0 Å². The largest absolute Gasteiger partial charge is 0.376 e. The van der Waals surface area contributed by atoms with Gasteiger partial charge in [-0.3, -0.25) is 0 Å². The molecular weight excluding hydrogens is 376 g/mol. The molecule has 30 heavy (non-hydrogen) atoms. The molecule has 0 aliphatic carbocycles. The molecule has 2 atom stereocenters. The van der Waals surface area contributed by atoms with Gasteiger partial charge in [0.05, 0.1) is 38.8 Å². The lowest BCUT2D eigenvalue weighted by molar-refractivity contribution is -0.934. The first-order chi connectivity index (χ1) is 14.5. The molecule has 1 N–H and O–H groups in total. The number of aryl methyl sites for hydroxylation is 1. The number of piperazine rings is 1. The van der Waals surface area contributed by atoms with E-state index in [1.807, 2.05) is 4.68 Å². The third-order valence-electron chi connectivity index (χ3n) is 6.79. The van der Waals surface area contributed by atoms with Gasteiger partial charge in [0, 0.05) is 18.7 Å². The van der Waals surface area contributed by atoms with E-state index in [4.69, 9.17) is 4.74 Å². The zero-order valence-electron chi connectivity index (χ0n) is 19.0. The maximum absolute atomic E-state index is 5.84. The standard InChI is InChI=1S/C23H36N6O/c1-17(2)15-22(23-24-25-26-29(23)16-20-8-6-14-30-20)28-12-10-27(11-13-28)21-9-5-7-18(3)19(21)4/h5,7,9,17,20,22H,6,8,10-16H2,1-4H3/p+1/t20-,22+/m1/s1. The van der Waals surface area contributed by atoms with Crippen LogP contribution < -0.4 is 9.80 Å². The molecule has 2 aliphatic heterocycles. The van der Waals surface area contributed by atoms with E-state index in [0.717, 1.165) is 64.4 Å². The molecule has 0 saturated carbocycles. The van der Waals surface area contributed by atoms with Gasteiger partial charge in [-0.1, -0.05) is 26.0 Å². The van der Waals surface area contributed by atoms with Crippen molar-refractivity contribution in [3.8, 4) is 0 Å². The second-order valence-corrected chi connectivity index (χ2v) is 9.40. The lowest BCUT2D eigenvalue weighted by Gasteiger charge is -2.38. The highest BCUT2D eigenvalue weighted by molar-refractivity contribution is 5.56. The molecule has 2 saturated heterocycles. The van der Waals surface area contributed by atoms with Crippen LogP contribution in [0.25, 0.3) is 0 Å². The minimum Gasteiger partial charge on any atom is -0.376 e. The maximum Gasteiger partial charge on any atom is 0.209 e. The van der Waals surface area contributed by atoms with Gasteiger partial charge in [-0.25, -0.2) is 4.68 Å². The van der Waals surface area contributed by atoms with E-state index in [-0.39, 0.29) is 6.10 Å². The third-order valence-corrected chi connectivity index (χ3v) is 6.79. The van der Waals surface area contributed by atoms with Crippen LogP contribution in [0.15, 0.2) is 18.2 Å². The van der Waals surface area contributed by atoms with E-state index in [1.54, 1.807) is 4.90 Å². The van der Waals surface area contributed by atoms with Gasteiger partial charge >= 0.3 is 0 Å². The van der Waals surface area contributed by atoms with Gasteiger partial charge in [0.2, 0.25) is 5.82 Å². The predicted molar refractivity (Wildman–Crippen MR) is 118 cm³/mol. The summed E-state index contributed by atoms with van der Waals surface area (Å²) in [4.78, 5) is 4.15. The maximum atomic E-state index is 5.84. The van der Waals surface area contributed by atoms with Crippen LogP contribution in [0.2, 0.25) is 0 Å². The Hall–Kier alpha value is -1.99. The highest BCUT2D eigenvalue weighted by atomic mass is 16.5. The minimum atomic E-state index is 0.253. The van der Waals surface area contributed by atoms with Gasteiger partial charge in [-0.15, -0.1) is 5.10 Å². The topological polar surface area (TPSA) is 60.5 Å². The lowest BCUT2D eigenvalue weighted by Crippen LogP contribution is -3.15. The van der Waals surface area contributed by atoms with Crippen molar-refractivity contribution in [1.29, 1.82) is 0 Å². The number of quaternary nitrogens is 1. The first-order valence-corrected chi connectivity index (χ1v) is 11.6. The molecule has 164 valence electrons. The van der Waals surface area contributed by atoms with Crippen LogP contribution in [0.4, 0.5) is 5.69 Å². The highest BCUT2D eigenvalue weighted by Crippen LogP contribution is 2.24. The van der Waals surface area contributed by atoms with E-state index in [9.17, 15) is 0 Å². The van der Waals surface area contributed by atoms with Gasteiger partial charge in [-0.2, -0.15) is 0 Å². The van der Waals surface area contributed by atoms with Gasteiger partial charge in [-0.05, 0) is 60.2 Å². The van der Waals surface area contributed by atoms with Crippen LogP contribution in [0.1, 0.15) is 56.1 Å². The molecule has 2 aromatic rings. The molecule has 2 fully saturated rings. The number of tetrazole rings is 1. The summed E-state index contributed by atoms with van der Waals surface area (Å²) >= 11 is 0. The fourth-order valence-electron chi connectivity index (χ4n) is 4.96. The Morgan fingerprint density at radius 2 is 2.00 bits per heavy atom. The number of anilines is 1. The molecule has 1 aromatic heterocycles. The van der Waals surface area contributed by atoms with Crippen molar-refractivity contribution in [2.45, 2.75) is 65.6 Å². The van der Waals surface area contributed by atoms with E-state index in [2.05, 4.69) is 66.3 Å². The quantitative estimate of drug-likeness (QED) is 0.752. The fourth-order valence-corrected chi connectivity index (χ4v) is 4.96. The number of hydrogen-bond donors (Lipinski definition) is 1. The Morgan fingerprint density at radius 3 is 2.70 bits per heavy atom. The summed E-state index contributed by atoms with van der Waals surface area (Å²) in [5.41, 5.74) is 4.16. The zero-order valence-corrected chi connectivity index (χ0v) is 19.0. The molecule has 7 heteroatoms. The second kappa shape index (κ2) is 9.43. The van der Waals surface area contributed by atoms with E-state index >= 15 is 0 Å². The summed E-state index contributed by atoms with van der Waals surface area (Å²) in [6, 6.07) is 6.98. The lowest BCUT2D eigenvalue weighted by atomic mass is 10.0. The molecule has 0 amide bonds. The summed E-state index contributed by atoms with van der Waals surface area (Å²) in [5.74, 6) is 1.64. The fraction of sp³-hybridized carbons (Fsp3) is 0.696. The first kappa shape index (κ1) is 21.2. The van der Waals surface area contributed by atoms with Gasteiger partial charge in [0.1, 0.15) is 6.04 Å². The predicted octanol–water partition coefficient (Wildman–Crippen LogP) is 1.96. The van der Waals surface area contributed by atoms with Crippen molar-refractivity contribution in [3.05, 3.63) is 35.2 Å². The van der Waals surface area contributed by atoms with Crippen LogP contribution >= 0.6 is 0 Å². The van der Waals surface area contributed by atoms with Crippen LogP contribution in [0, 0.1) is 19.8 Å². The van der Waals surface area contributed by atoms with Crippen molar-refractivity contribution in [2.75, 3.05) is 37.7 Å². The molecule has 0 spiro atoms. The van der Waals surface area contributed by atoms with Gasteiger partial charge in [0.25, 0.3) is 0 Å².